The molecular formula is C19H18ClFN2O5S. The number of benzene rings is 2. The zero-order chi connectivity index (χ0) is 20.6. The Morgan fingerprint density at radius 3 is 2.45 bits per heavy atom. The number of hydrogen-bond acceptors (Lipinski definition) is 5. The molecule has 0 radical (unpaired) electrons. The van der Waals surface area contributed by atoms with Gasteiger partial charge in [0.15, 0.2) is 11.5 Å². The molecule has 2 heterocycles. The number of ether oxygens (including phenoxy) is 2. The van der Waals surface area contributed by atoms with Crippen LogP contribution in [0.15, 0.2) is 47.4 Å². The van der Waals surface area contributed by atoms with E-state index in [1.165, 1.54) is 11.0 Å². The summed E-state index contributed by atoms with van der Waals surface area (Å²) in [6.45, 7) is 0.550. The van der Waals surface area contributed by atoms with Gasteiger partial charge in [0.05, 0.1) is 0 Å². The van der Waals surface area contributed by atoms with Crippen LogP contribution in [0.5, 0.6) is 11.5 Å². The molecule has 2 aliphatic heterocycles. The lowest BCUT2D eigenvalue weighted by Crippen LogP contribution is -2.55. The number of para-hydroxylation sites is 2. The second-order valence-corrected chi connectivity index (χ2v) is 9.01. The van der Waals surface area contributed by atoms with Crippen LogP contribution in [0.2, 0.25) is 5.02 Å². The Hall–Kier alpha value is -2.36. The van der Waals surface area contributed by atoms with E-state index in [9.17, 15) is 17.6 Å². The quantitative estimate of drug-likeness (QED) is 0.731. The van der Waals surface area contributed by atoms with Crippen LogP contribution in [-0.2, 0) is 14.8 Å². The van der Waals surface area contributed by atoms with E-state index < -0.39 is 26.8 Å². The van der Waals surface area contributed by atoms with Crippen molar-refractivity contribution >= 4 is 27.5 Å². The first-order valence-electron chi connectivity index (χ1n) is 8.99. The van der Waals surface area contributed by atoms with Gasteiger partial charge in [-0.3, -0.25) is 4.79 Å². The zero-order valence-electron chi connectivity index (χ0n) is 15.3. The van der Waals surface area contributed by atoms with Crippen molar-refractivity contribution in [3.63, 3.8) is 0 Å². The summed E-state index contributed by atoms with van der Waals surface area (Å²) in [4.78, 5) is 13.9. The van der Waals surface area contributed by atoms with Crippen molar-refractivity contribution < 1.29 is 27.1 Å². The maximum absolute atomic E-state index is 14.1. The minimum atomic E-state index is -4.02. The van der Waals surface area contributed by atoms with Gasteiger partial charge in [-0.25, -0.2) is 12.8 Å². The number of sulfonamides is 1. The van der Waals surface area contributed by atoms with E-state index in [1.54, 1.807) is 18.2 Å². The topological polar surface area (TPSA) is 76.2 Å². The Balaban J connectivity index is 1.41. The molecule has 0 aromatic heterocycles. The first-order chi connectivity index (χ1) is 13.9. The number of carbonyl (C=O) groups excluding carboxylic acids is 1. The van der Waals surface area contributed by atoms with Gasteiger partial charge in [-0.2, -0.15) is 4.31 Å². The third-order valence-electron chi connectivity index (χ3n) is 4.85. The zero-order valence-corrected chi connectivity index (χ0v) is 16.8. The molecule has 1 atom stereocenters. The largest absolute Gasteiger partial charge is 0.485 e. The molecule has 0 saturated carbocycles. The average Bonchev–Trinajstić information content (AvgIpc) is 2.72. The van der Waals surface area contributed by atoms with Gasteiger partial charge >= 0.3 is 0 Å². The minimum Gasteiger partial charge on any atom is -0.485 e. The molecule has 0 aliphatic carbocycles. The molecule has 1 amide bonds. The van der Waals surface area contributed by atoms with Gasteiger partial charge in [0.25, 0.3) is 5.91 Å². The van der Waals surface area contributed by atoms with Gasteiger partial charge in [-0.1, -0.05) is 23.7 Å². The smallest absolute Gasteiger partial charge is 0.267 e. The van der Waals surface area contributed by atoms with E-state index in [-0.39, 0.29) is 43.7 Å². The second kappa shape index (κ2) is 7.81. The molecule has 10 heteroatoms. The Kier molecular flexibility index (Phi) is 5.37. The Bertz CT molecular complexity index is 1040. The van der Waals surface area contributed by atoms with Crippen molar-refractivity contribution in [1.29, 1.82) is 0 Å². The van der Waals surface area contributed by atoms with Crippen LogP contribution in [0.25, 0.3) is 0 Å². The number of piperazine rings is 1. The molecule has 2 aromatic rings. The maximum Gasteiger partial charge on any atom is 0.267 e. The SMILES string of the molecule is O=C(C1COc2ccccc2O1)N1CCN(S(=O)(=O)c2ccc(Cl)cc2F)CC1. The highest BCUT2D eigenvalue weighted by Gasteiger charge is 2.36. The van der Waals surface area contributed by atoms with Crippen LogP contribution in [0.3, 0.4) is 0 Å². The Morgan fingerprint density at radius 2 is 1.76 bits per heavy atom. The number of fused-ring (bicyclic) bond motifs is 1. The second-order valence-electron chi connectivity index (χ2n) is 6.67. The fourth-order valence-corrected chi connectivity index (χ4v) is 4.94. The first kappa shape index (κ1) is 19.9. The molecule has 1 saturated heterocycles. The molecule has 154 valence electrons. The standard InChI is InChI=1S/C19H18ClFN2O5S/c20-13-5-6-18(14(21)11-13)29(25,26)23-9-7-22(8-10-23)19(24)17-12-27-15-3-1-2-4-16(15)28-17/h1-6,11,17H,7-10,12H2. The summed E-state index contributed by atoms with van der Waals surface area (Å²) in [5.41, 5.74) is 0. The monoisotopic (exact) mass is 440 g/mol. The van der Waals surface area contributed by atoms with Gasteiger partial charge in [0.2, 0.25) is 16.1 Å². The van der Waals surface area contributed by atoms with E-state index >= 15 is 0 Å². The highest BCUT2D eigenvalue weighted by molar-refractivity contribution is 7.89. The average molecular weight is 441 g/mol. The molecule has 2 aromatic carbocycles. The van der Waals surface area contributed by atoms with Crippen molar-refractivity contribution in [1.82, 2.24) is 9.21 Å². The lowest BCUT2D eigenvalue weighted by Gasteiger charge is -2.36. The molecule has 0 bridgehead atoms. The molecule has 1 unspecified atom stereocenters. The van der Waals surface area contributed by atoms with Crippen molar-refractivity contribution in [2.45, 2.75) is 11.0 Å². The van der Waals surface area contributed by atoms with Crippen LogP contribution in [-0.4, -0.2) is 62.4 Å². The fraction of sp³-hybridized carbons (Fsp3) is 0.316. The molecule has 1 fully saturated rings. The fourth-order valence-electron chi connectivity index (χ4n) is 3.32. The summed E-state index contributed by atoms with van der Waals surface area (Å²) >= 11 is 5.70. The summed E-state index contributed by atoms with van der Waals surface area (Å²) in [5.74, 6) is -0.0920. The number of carbonyl (C=O) groups is 1. The van der Waals surface area contributed by atoms with E-state index in [0.717, 1.165) is 16.4 Å². The summed E-state index contributed by atoms with van der Waals surface area (Å²) in [6, 6.07) is 10.5. The highest BCUT2D eigenvalue weighted by Crippen LogP contribution is 2.31. The number of hydrogen-bond donors (Lipinski definition) is 0. The summed E-state index contributed by atoms with van der Waals surface area (Å²) in [6.07, 6.45) is -0.790. The molecule has 0 N–H and O–H groups in total. The molecular weight excluding hydrogens is 423 g/mol. The normalized spacial score (nSPS) is 19.8. The van der Waals surface area contributed by atoms with Crippen molar-refractivity contribution in [2.24, 2.45) is 0 Å². The van der Waals surface area contributed by atoms with Gasteiger partial charge in [-0.15, -0.1) is 0 Å². The molecule has 0 spiro atoms. The van der Waals surface area contributed by atoms with Crippen molar-refractivity contribution in [3.8, 4) is 11.5 Å². The van der Waals surface area contributed by atoms with Gasteiger partial charge in [0.1, 0.15) is 17.3 Å². The number of halogens is 2. The van der Waals surface area contributed by atoms with Crippen LogP contribution in [0, 0.1) is 5.82 Å². The maximum atomic E-state index is 14.1. The van der Waals surface area contributed by atoms with E-state index in [2.05, 4.69) is 0 Å². The Morgan fingerprint density at radius 1 is 1.07 bits per heavy atom. The lowest BCUT2D eigenvalue weighted by molar-refractivity contribution is -0.142. The van der Waals surface area contributed by atoms with Crippen molar-refractivity contribution in [3.05, 3.63) is 53.3 Å². The third kappa shape index (κ3) is 3.90. The van der Waals surface area contributed by atoms with Crippen LogP contribution in [0.4, 0.5) is 4.39 Å². The van der Waals surface area contributed by atoms with Gasteiger partial charge in [0, 0.05) is 31.2 Å². The predicted molar refractivity (Wildman–Crippen MR) is 103 cm³/mol. The van der Waals surface area contributed by atoms with Crippen molar-refractivity contribution in [2.75, 3.05) is 32.8 Å². The summed E-state index contributed by atoms with van der Waals surface area (Å²) in [5, 5.41) is 0.119. The number of nitrogens with zero attached hydrogens (tertiary/aromatic N) is 2. The molecule has 29 heavy (non-hydrogen) atoms. The summed E-state index contributed by atoms with van der Waals surface area (Å²) < 4.78 is 52.0. The lowest BCUT2D eigenvalue weighted by atomic mass is 10.2. The van der Waals surface area contributed by atoms with E-state index in [1.807, 2.05) is 6.07 Å². The third-order valence-corrected chi connectivity index (χ3v) is 7.01. The molecule has 2 aliphatic rings. The van der Waals surface area contributed by atoms with Gasteiger partial charge < -0.3 is 14.4 Å². The Labute approximate surface area is 172 Å². The molecule has 7 nitrogen and oxygen atoms in total. The summed E-state index contributed by atoms with van der Waals surface area (Å²) in [7, 11) is -4.02. The van der Waals surface area contributed by atoms with E-state index in [4.69, 9.17) is 21.1 Å². The predicted octanol–water partition coefficient (Wildman–Crippen LogP) is 2.15. The van der Waals surface area contributed by atoms with Crippen LogP contribution >= 0.6 is 11.6 Å². The molecule has 4 rings (SSSR count). The highest BCUT2D eigenvalue weighted by atomic mass is 35.5. The van der Waals surface area contributed by atoms with Gasteiger partial charge in [-0.05, 0) is 30.3 Å². The number of rotatable bonds is 3. The van der Waals surface area contributed by atoms with Crippen LogP contribution in [0.1, 0.15) is 0 Å². The number of amides is 1. The van der Waals surface area contributed by atoms with E-state index in [0.29, 0.717) is 11.5 Å². The minimum absolute atomic E-state index is 0.0559. The first-order valence-corrected chi connectivity index (χ1v) is 10.8. The van der Waals surface area contributed by atoms with Crippen LogP contribution < -0.4 is 9.47 Å².